The first-order chi connectivity index (χ1) is 6.81. The molecule has 0 aliphatic rings. The fourth-order valence-corrected chi connectivity index (χ4v) is 1.15. The number of aliphatic hydroxyl groups is 1. The molecule has 3 nitrogen and oxygen atoms in total. The van der Waals surface area contributed by atoms with Gasteiger partial charge in [-0.25, -0.2) is 0 Å². The quantitative estimate of drug-likeness (QED) is 0.793. The zero-order valence-corrected chi connectivity index (χ0v) is 8.36. The van der Waals surface area contributed by atoms with Crippen LogP contribution >= 0.6 is 0 Å². The molecule has 0 aliphatic heterocycles. The monoisotopic (exact) mass is 194 g/mol. The summed E-state index contributed by atoms with van der Waals surface area (Å²) in [7, 11) is 3.22. The highest BCUT2D eigenvalue weighted by molar-refractivity contribution is 5.59. The van der Waals surface area contributed by atoms with Gasteiger partial charge in [0.05, 0.1) is 20.8 Å². The number of hydrogen-bond acceptors (Lipinski definition) is 3. The lowest BCUT2D eigenvalue weighted by Crippen LogP contribution is -1.89. The molecule has 0 fully saturated rings. The molecule has 3 heteroatoms. The Bertz CT molecular complexity index is 318. The minimum atomic E-state index is 0.0143. The summed E-state index contributed by atoms with van der Waals surface area (Å²) in [5.74, 6) is 1.53. The van der Waals surface area contributed by atoms with Crippen LogP contribution < -0.4 is 9.47 Å². The largest absolute Gasteiger partial charge is 0.497 e. The van der Waals surface area contributed by atoms with E-state index in [0.717, 1.165) is 17.1 Å². The molecule has 0 heterocycles. The lowest BCUT2D eigenvalue weighted by atomic mass is 10.2. The molecule has 0 unspecified atom stereocenters. The zero-order chi connectivity index (χ0) is 10.4. The minimum absolute atomic E-state index is 0.0143. The van der Waals surface area contributed by atoms with Crippen molar-refractivity contribution in [1.82, 2.24) is 0 Å². The summed E-state index contributed by atoms with van der Waals surface area (Å²) < 4.78 is 10.2. The van der Waals surface area contributed by atoms with E-state index >= 15 is 0 Å². The van der Waals surface area contributed by atoms with Gasteiger partial charge in [0, 0.05) is 5.56 Å². The standard InChI is InChI=1S/C11H14O3/c1-13-10-5-6-11(14-2)9(8-10)4-3-7-12/h3-6,8,12H,7H2,1-2H3. The average Bonchev–Trinajstić information content (AvgIpc) is 2.25. The van der Waals surface area contributed by atoms with Crippen molar-refractivity contribution in [2.24, 2.45) is 0 Å². The van der Waals surface area contributed by atoms with E-state index in [1.54, 1.807) is 26.4 Å². The van der Waals surface area contributed by atoms with Crippen LogP contribution in [-0.2, 0) is 0 Å². The van der Waals surface area contributed by atoms with E-state index < -0.39 is 0 Å². The second kappa shape index (κ2) is 5.29. The van der Waals surface area contributed by atoms with Crippen LogP contribution in [0.15, 0.2) is 24.3 Å². The molecule has 1 rings (SSSR count). The minimum Gasteiger partial charge on any atom is -0.497 e. The van der Waals surface area contributed by atoms with Gasteiger partial charge in [-0.2, -0.15) is 0 Å². The van der Waals surface area contributed by atoms with Gasteiger partial charge in [0.2, 0.25) is 0 Å². The fraction of sp³-hybridized carbons (Fsp3) is 0.273. The molecule has 0 saturated carbocycles. The van der Waals surface area contributed by atoms with Crippen molar-refractivity contribution in [1.29, 1.82) is 0 Å². The van der Waals surface area contributed by atoms with Gasteiger partial charge in [0.25, 0.3) is 0 Å². The Kier molecular flexibility index (Phi) is 4.01. The summed E-state index contributed by atoms with van der Waals surface area (Å²) in [6, 6.07) is 5.51. The van der Waals surface area contributed by atoms with E-state index in [1.807, 2.05) is 18.2 Å². The molecule has 1 aromatic rings. The van der Waals surface area contributed by atoms with Crippen LogP contribution in [0.25, 0.3) is 6.08 Å². The van der Waals surface area contributed by atoms with E-state index in [9.17, 15) is 0 Å². The van der Waals surface area contributed by atoms with Crippen LogP contribution in [0.5, 0.6) is 11.5 Å². The second-order valence-corrected chi connectivity index (χ2v) is 2.69. The Morgan fingerprint density at radius 1 is 1.29 bits per heavy atom. The lowest BCUT2D eigenvalue weighted by molar-refractivity contribution is 0.343. The van der Waals surface area contributed by atoms with Crippen LogP contribution in [0, 0.1) is 0 Å². The van der Waals surface area contributed by atoms with Crippen molar-refractivity contribution in [3.8, 4) is 11.5 Å². The Labute approximate surface area is 83.6 Å². The lowest BCUT2D eigenvalue weighted by Gasteiger charge is -2.06. The van der Waals surface area contributed by atoms with Crippen LogP contribution in [0.1, 0.15) is 5.56 Å². The highest BCUT2D eigenvalue weighted by Crippen LogP contribution is 2.24. The maximum Gasteiger partial charge on any atom is 0.126 e. The number of aliphatic hydroxyl groups excluding tert-OH is 1. The molecule has 0 amide bonds. The number of methoxy groups -OCH3 is 2. The predicted molar refractivity (Wildman–Crippen MR) is 55.7 cm³/mol. The molecule has 0 radical (unpaired) electrons. The van der Waals surface area contributed by atoms with Crippen molar-refractivity contribution < 1.29 is 14.6 Å². The maximum atomic E-state index is 8.66. The van der Waals surface area contributed by atoms with Crippen molar-refractivity contribution >= 4 is 6.08 Å². The smallest absolute Gasteiger partial charge is 0.126 e. The summed E-state index contributed by atoms with van der Waals surface area (Å²) in [6.07, 6.45) is 3.44. The second-order valence-electron chi connectivity index (χ2n) is 2.69. The Morgan fingerprint density at radius 2 is 2.07 bits per heavy atom. The van der Waals surface area contributed by atoms with Crippen molar-refractivity contribution in [2.75, 3.05) is 20.8 Å². The number of rotatable bonds is 4. The molecule has 0 aromatic heterocycles. The SMILES string of the molecule is COc1ccc(OC)c(C=CCO)c1. The van der Waals surface area contributed by atoms with Gasteiger partial charge in [-0.1, -0.05) is 12.2 Å². The predicted octanol–water partition coefficient (Wildman–Crippen LogP) is 1.71. The first-order valence-corrected chi connectivity index (χ1v) is 4.31. The molecule has 76 valence electrons. The van der Waals surface area contributed by atoms with E-state index in [2.05, 4.69) is 0 Å². The number of benzene rings is 1. The first-order valence-electron chi connectivity index (χ1n) is 4.31. The molecule has 0 atom stereocenters. The van der Waals surface area contributed by atoms with Crippen molar-refractivity contribution in [2.45, 2.75) is 0 Å². The van der Waals surface area contributed by atoms with Crippen LogP contribution in [0.3, 0.4) is 0 Å². The molecule has 1 aromatic carbocycles. The van der Waals surface area contributed by atoms with Gasteiger partial charge in [-0.05, 0) is 18.2 Å². The van der Waals surface area contributed by atoms with Gasteiger partial charge in [0.1, 0.15) is 11.5 Å². The molecule has 14 heavy (non-hydrogen) atoms. The highest BCUT2D eigenvalue weighted by atomic mass is 16.5. The van der Waals surface area contributed by atoms with Crippen LogP contribution in [0.4, 0.5) is 0 Å². The fourth-order valence-electron chi connectivity index (χ4n) is 1.15. The van der Waals surface area contributed by atoms with Gasteiger partial charge in [-0.15, -0.1) is 0 Å². The first kappa shape index (κ1) is 10.6. The molecular formula is C11H14O3. The normalized spacial score (nSPS) is 10.5. The van der Waals surface area contributed by atoms with E-state index in [-0.39, 0.29) is 6.61 Å². The van der Waals surface area contributed by atoms with Gasteiger partial charge in [-0.3, -0.25) is 0 Å². The van der Waals surface area contributed by atoms with Crippen molar-refractivity contribution in [3.63, 3.8) is 0 Å². The number of ether oxygens (including phenoxy) is 2. The van der Waals surface area contributed by atoms with E-state index in [0.29, 0.717) is 0 Å². The third kappa shape index (κ3) is 2.50. The third-order valence-corrected chi connectivity index (χ3v) is 1.84. The summed E-state index contributed by atoms with van der Waals surface area (Å²) >= 11 is 0. The van der Waals surface area contributed by atoms with Gasteiger partial charge in [0.15, 0.2) is 0 Å². The summed E-state index contributed by atoms with van der Waals surface area (Å²) in [5, 5.41) is 8.66. The number of hydrogen-bond donors (Lipinski definition) is 1. The van der Waals surface area contributed by atoms with Gasteiger partial charge < -0.3 is 14.6 Å². The summed E-state index contributed by atoms with van der Waals surface area (Å²) in [4.78, 5) is 0. The van der Waals surface area contributed by atoms with Crippen LogP contribution in [0.2, 0.25) is 0 Å². The average molecular weight is 194 g/mol. The molecule has 0 spiro atoms. The Morgan fingerprint density at radius 3 is 2.64 bits per heavy atom. The Balaban J connectivity index is 3.02. The van der Waals surface area contributed by atoms with E-state index in [4.69, 9.17) is 14.6 Å². The molecule has 0 aliphatic carbocycles. The zero-order valence-electron chi connectivity index (χ0n) is 8.36. The highest BCUT2D eigenvalue weighted by Gasteiger charge is 2.00. The summed E-state index contributed by atoms with van der Waals surface area (Å²) in [6.45, 7) is 0.0143. The van der Waals surface area contributed by atoms with Gasteiger partial charge >= 0.3 is 0 Å². The molecule has 0 saturated heterocycles. The van der Waals surface area contributed by atoms with Crippen LogP contribution in [-0.4, -0.2) is 25.9 Å². The molecule has 1 N–H and O–H groups in total. The molecular weight excluding hydrogens is 180 g/mol. The Hall–Kier alpha value is -1.48. The molecule has 0 bridgehead atoms. The topological polar surface area (TPSA) is 38.7 Å². The van der Waals surface area contributed by atoms with E-state index in [1.165, 1.54) is 0 Å². The van der Waals surface area contributed by atoms with Crippen molar-refractivity contribution in [3.05, 3.63) is 29.8 Å². The summed E-state index contributed by atoms with van der Waals surface area (Å²) in [5.41, 5.74) is 0.890. The maximum absolute atomic E-state index is 8.66. The third-order valence-electron chi connectivity index (χ3n) is 1.84.